The average Bonchev–Trinajstić information content (AvgIpc) is 3.22. The second-order valence-electron chi connectivity index (χ2n) is 8.78. The second-order valence-corrected chi connectivity index (χ2v) is 10.8. The van der Waals surface area contributed by atoms with Gasteiger partial charge < -0.3 is 15.3 Å². The lowest BCUT2D eigenvalue weighted by Crippen LogP contribution is -2.35. The van der Waals surface area contributed by atoms with Gasteiger partial charge in [-0.2, -0.15) is 9.40 Å². The highest BCUT2D eigenvalue weighted by Gasteiger charge is 2.26. The van der Waals surface area contributed by atoms with E-state index in [-0.39, 0.29) is 17.2 Å². The minimum absolute atomic E-state index is 0.0724. The summed E-state index contributed by atoms with van der Waals surface area (Å²) in [6.45, 7) is 5.41. The van der Waals surface area contributed by atoms with Crippen molar-refractivity contribution in [2.45, 2.75) is 31.6 Å². The molecule has 3 N–H and O–H groups in total. The van der Waals surface area contributed by atoms with Crippen LogP contribution < -0.4 is 10.2 Å². The van der Waals surface area contributed by atoms with Gasteiger partial charge in [0, 0.05) is 37.3 Å². The Balaban J connectivity index is 1.45. The lowest BCUT2D eigenvalue weighted by Gasteiger charge is -2.32. The van der Waals surface area contributed by atoms with Gasteiger partial charge in [-0.25, -0.2) is 8.42 Å². The van der Waals surface area contributed by atoms with Gasteiger partial charge in [0.1, 0.15) is 10.6 Å². The van der Waals surface area contributed by atoms with E-state index in [0.29, 0.717) is 22.5 Å². The molecule has 176 valence electrons. The van der Waals surface area contributed by atoms with Gasteiger partial charge in [0.05, 0.1) is 23.9 Å². The zero-order valence-electron chi connectivity index (χ0n) is 19.0. The Morgan fingerprint density at radius 1 is 1.27 bits per heavy atom. The van der Waals surface area contributed by atoms with Crippen molar-refractivity contribution >= 4 is 38.2 Å². The highest BCUT2D eigenvalue weighted by molar-refractivity contribution is 7.89. The fraction of sp³-hybridized carbons (Fsp3) is 0.391. The van der Waals surface area contributed by atoms with Gasteiger partial charge in [0.25, 0.3) is 0 Å². The summed E-state index contributed by atoms with van der Waals surface area (Å²) >= 11 is 0. The normalized spacial score (nSPS) is 15.3. The summed E-state index contributed by atoms with van der Waals surface area (Å²) in [5.74, 6) is 0.262. The Hall–Kier alpha value is -3.11. The molecule has 1 aromatic heterocycles. The number of phenols is 1. The molecule has 1 amide bonds. The second kappa shape index (κ2) is 9.03. The van der Waals surface area contributed by atoms with E-state index in [1.54, 1.807) is 31.3 Å². The molecule has 0 spiro atoms. The minimum atomic E-state index is -3.93. The van der Waals surface area contributed by atoms with Crippen LogP contribution in [0.15, 0.2) is 41.4 Å². The van der Waals surface area contributed by atoms with Crippen LogP contribution in [-0.4, -0.2) is 60.6 Å². The summed E-state index contributed by atoms with van der Waals surface area (Å²) in [4.78, 5) is 14.8. The maximum atomic E-state index is 13.1. The molecule has 0 radical (unpaired) electrons. The molecule has 33 heavy (non-hydrogen) atoms. The Morgan fingerprint density at radius 3 is 2.70 bits per heavy atom. The van der Waals surface area contributed by atoms with Crippen molar-refractivity contribution < 1.29 is 18.3 Å². The highest BCUT2D eigenvalue weighted by Crippen LogP contribution is 2.33. The molecule has 0 atom stereocenters. The minimum Gasteiger partial charge on any atom is -0.506 e. The number of amides is 1. The lowest BCUT2D eigenvalue weighted by molar-refractivity contribution is -0.116. The van der Waals surface area contributed by atoms with E-state index in [4.69, 9.17) is 0 Å². The zero-order valence-corrected chi connectivity index (χ0v) is 19.8. The Kier molecular flexibility index (Phi) is 6.31. The monoisotopic (exact) mass is 471 g/mol. The number of sulfonamides is 1. The number of phenolic OH excluding ortho intramolecular Hbond substituents is 1. The number of aromatic amines is 1. The standard InChI is InChI=1S/C23H29N5O4S/c1-15-6-8-28(9-7-15)19-5-4-18(12-20(19)29)25-22(30)14-27(3)33(31,32)21-11-16(2)10-17-13-24-26-23(17)21/h4-5,10-13,15,29H,6-9,14H2,1-3H3,(H,24,26)(H,25,30). The summed E-state index contributed by atoms with van der Waals surface area (Å²) in [5.41, 5.74) is 2.33. The average molecular weight is 472 g/mol. The molecular formula is C23H29N5O4S. The number of carbonyl (C=O) groups excluding carboxylic acids is 1. The number of benzene rings is 2. The maximum Gasteiger partial charge on any atom is 0.245 e. The molecule has 2 heterocycles. The first-order valence-corrected chi connectivity index (χ1v) is 12.4. The van der Waals surface area contributed by atoms with Crippen LogP contribution in [0.3, 0.4) is 0 Å². The highest BCUT2D eigenvalue weighted by atomic mass is 32.2. The van der Waals surface area contributed by atoms with Gasteiger partial charge >= 0.3 is 0 Å². The van der Waals surface area contributed by atoms with E-state index >= 15 is 0 Å². The number of hydrogen-bond acceptors (Lipinski definition) is 6. The van der Waals surface area contributed by atoms with Crippen LogP contribution >= 0.6 is 0 Å². The Morgan fingerprint density at radius 2 is 2.00 bits per heavy atom. The van der Waals surface area contributed by atoms with Gasteiger partial charge in [-0.15, -0.1) is 0 Å². The van der Waals surface area contributed by atoms with Gasteiger partial charge in [-0.05, 0) is 55.5 Å². The number of nitrogens with one attached hydrogen (secondary N) is 2. The number of hydrogen-bond donors (Lipinski definition) is 3. The number of likely N-dealkylation sites (N-methyl/N-ethyl adjacent to an activating group) is 1. The van der Waals surface area contributed by atoms with Gasteiger partial charge in [-0.3, -0.25) is 9.89 Å². The number of carbonyl (C=O) groups is 1. The van der Waals surface area contributed by atoms with E-state index in [1.807, 2.05) is 6.07 Å². The van der Waals surface area contributed by atoms with Crippen molar-refractivity contribution in [1.82, 2.24) is 14.5 Å². The summed E-state index contributed by atoms with van der Waals surface area (Å²) < 4.78 is 27.3. The van der Waals surface area contributed by atoms with E-state index < -0.39 is 15.9 Å². The number of aromatic nitrogens is 2. The van der Waals surface area contributed by atoms with Crippen molar-refractivity contribution in [2.24, 2.45) is 5.92 Å². The van der Waals surface area contributed by atoms with Crippen molar-refractivity contribution in [3.63, 3.8) is 0 Å². The SMILES string of the molecule is Cc1cc(S(=O)(=O)N(C)CC(=O)Nc2ccc(N3CCC(C)CC3)c(O)c2)c2[nH]ncc2c1. The molecule has 1 aliphatic heterocycles. The van der Waals surface area contributed by atoms with E-state index in [2.05, 4.69) is 27.3 Å². The lowest BCUT2D eigenvalue weighted by atomic mass is 9.98. The molecule has 0 bridgehead atoms. The topological polar surface area (TPSA) is 119 Å². The number of aromatic hydroxyl groups is 1. The summed E-state index contributed by atoms with van der Waals surface area (Å²) in [7, 11) is -2.58. The predicted octanol–water partition coefficient (Wildman–Crippen LogP) is 3.07. The number of piperidine rings is 1. The van der Waals surface area contributed by atoms with E-state index in [0.717, 1.165) is 41.5 Å². The molecule has 2 aromatic carbocycles. The third-order valence-corrected chi connectivity index (χ3v) is 7.92. The van der Waals surface area contributed by atoms with Crippen LogP contribution in [0.1, 0.15) is 25.3 Å². The van der Waals surface area contributed by atoms with Crippen LogP contribution in [0.2, 0.25) is 0 Å². The smallest absolute Gasteiger partial charge is 0.245 e. The molecule has 0 unspecified atom stereocenters. The van der Waals surface area contributed by atoms with Crippen LogP contribution in [0.4, 0.5) is 11.4 Å². The first kappa shape index (κ1) is 23.1. The van der Waals surface area contributed by atoms with Crippen LogP contribution in [0.5, 0.6) is 5.75 Å². The summed E-state index contributed by atoms with van der Waals surface area (Å²) in [5, 5.41) is 20.5. The maximum absolute atomic E-state index is 13.1. The number of H-pyrrole nitrogens is 1. The van der Waals surface area contributed by atoms with Crippen LogP contribution in [0, 0.1) is 12.8 Å². The number of anilines is 2. The molecule has 9 nitrogen and oxygen atoms in total. The Labute approximate surface area is 193 Å². The van der Waals surface area contributed by atoms with E-state index in [1.165, 1.54) is 13.1 Å². The number of nitrogens with zero attached hydrogens (tertiary/aromatic N) is 3. The first-order chi connectivity index (χ1) is 15.6. The molecule has 10 heteroatoms. The molecule has 1 saturated heterocycles. The predicted molar refractivity (Wildman–Crippen MR) is 128 cm³/mol. The van der Waals surface area contributed by atoms with Crippen molar-refractivity contribution in [3.05, 3.63) is 42.1 Å². The van der Waals surface area contributed by atoms with Crippen LogP contribution in [-0.2, 0) is 14.8 Å². The third kappa shape index (κ3) is 4.81. The molecule has 0 aliphatic carbocycles. The largest absolute Gasteiger partial charge is 0.506 e. The van der Waals surface area contributed by atoms with Crippen molar-refractivity contribution in [1.29, 1.82) is 0 Å². The molecule has 0 saturated carbocycles. The van der Waals surface area contributed by atoms with Crippen LogP contribution in [0.25, 0.3) is 10.9 Å². The zero-order chi connectivity index (χ0) is 23.8. The van der Waals surface area contributed by atoms with Crippen molar-refractivity contribution in [3.8, 4) is 5.75 Å². The third-order valence-electron chi connectivity index (χ3n) is 6.09. The molecule has 1 fully saturated rings. The number of rotatable bonds is 6. The quantitative estimate of drug-likeness (QED) is 0.508. The molecule has 1 aliphatic rings. The van der Waals surface area contributed by atoms with Gasteiger partial charge in [0.15, 0.2) is 0 Å². The Bertz CT molecular complexity index is 1280. The summed E-state index contributed by atoms with van der Waals surface area (Å²) in [6, 6.07) is 8.39. The van der Waals surface area contributed by atoms with E-state index in [9.17, 15) is 18.3 Å². The fourth-order valence-corrected chi connectivity index (χ4v) is 5.52. The molecular weight excluding hydrogens is 442 g/mol. The molecule has 3 aromatic rings. The number of aryl methyl sites for hydroxylation is 1. The summed E-state index contributed by atoms with van der Waals surface area (Å²) in [6.07, 6.45) is 3.71. The van der Waals surface area contributed by atoms with Gasteiger partial charge in [0.2, 0.25) is 15.9 Å². The number of fused-ring (bicyclic) bond motifs is 1. The fourth-order valence-electron chi connectivity index (χ4n) is 4.15. The molecule has 4 rings (SSSR count). The first-order valence-electron chi connectivity index (χ1n) is 10.9. The van der Waals surface area contributed by atoms with Crippen molar-refractivity contribution in [2.75, 3.05) is 36.9 Å². The van der Waals surface area contributed by atoms with Gasteiger partial charge in [-0.1, -0.05) is 6.92 Å².